The number of halogens is 1. The van der Waals surface area contributed by atoms with E-state index in [0.29, 0.717) is 11.0 Å². The van der Waals surface area contributed by atoms with Gasteiger partial charge in [0.15, 0.2) is 0 Å². The van der Waals surface area contributed by atoms with Crippen LogP contribution in [0.5, 0.6) is 0 Å². The molecule has 4 nitrogen and oxygen atoms in total. The van der Waals surface area contributed by atoms with Gasteiger partial charge in [-0.25, -0.2) is 9.78 Å². The number of para-hydroxylation sites is 1. The molecule has 106 valence electrons. The molecular formula is C16H13BrN2O2. The van der Waals surface area contributed by atoms with E-state index < -0.39 is 5.97 Å². The first-order chi connectivity index (χ1) is 10.0. The van der Waals surface area contributed by atoms with E-state index in [1.165, 1.54) is 0 Å². The van der Waals surface area contributed by atoms with Crippen molar-refractivity contribution in [2.45, 2.75) is 13.8 Å². The minimum Gasteiger partial charge on any atom is -0.478 e. The highest BCUT2D eigenvalue weighted by Gasteiger charge is 2.18. The molecule has 0 amide bonds. The fourth-order valence-electron chi connectivity index (χ4n) is 2.55. The van der Waals surface area contributed by atoms with Crippen LogP contribution in [-0.2, 0) is 0 Å². The second kappa shape index (κ2) is 5.00. The highest BCUT2D eigenvalue weighted by Crippen LogP contribution is 2.29. The topological polar surface area (TPSA) is 55.1 Å². The lowest BCUT2D eigenvalue weighted by Gasteiger charge is -2.12. The maximum atomic E-state index is 11.5. The number of hydrogen-bond donors (Lipinski definition) is 1. The molecule has 5 heteroatoms. The summed E-state index contributed by atoms with van der Waals surface area (Å²) in [5.41, 5.74) is 3.54. The Labute approximate surface area is 130 Å². The van der Waals surface area contributed by atoms with Crippen molar-refractivity contribution in [3.05, 3.63) is 57.8 Å². The van der Waals surface area contributed by atoms with Crippen molar-refractivity contribution in [1.29, 1.82) is 0 Å². The summed E-state index contributed by atoms with van der Waals surface area (Å²) >= 11 is 3.52. The monoisotopic (exact) mass is 344 g/mol. The van der Waals surface area contributed by atoms with Crippen molar-refractivity contribution in [3.63, 3.8) is 0 Å². The third-order valence-electron chi connectivity index (χ3n) is 3.55. The van der Waals surface area contributed by atoms with Gasteiger partial charge in [0.2, 0.25) is 0 Å². The molecule has 0 fully saturated rings. The Bertz CT molecular complexity index is 868. The number of aromatic nitrogens is 2. The van der Waals surface area contributed by atoms with Gasteiger partial charge in [0.05, 0.1) is 22.3 Å². The molecule has 0 radical (unpaired) electrons. The van der Waals surface area contributed by atoms with E-state index in [1.54, 1.807) is 12.1 Å². The van der Waals surface area contributed by atoms with Crippen LogP contribution in [-0.4, -0.2) is 20.6 Å². The maximum Gasteiger partial charge on any atom is 0.337 e. The third-order valence-corrected chi connectivity index (χ3v) is 4.41. The number of carboxylic acid groups (broad SMARTS) is 1. The van der Waals surface area contributed by atoms with Gasteiger partial charge in [0.25, 0.3) is 0 Å². The SMILES string of the molecule is Cc1c(Br)cccc1-n1c(C)nc2cccc(C(=O)O)c21. The Morgan fingerprint density at radius 3 is 2.62 bits per heavy atom. The molecule has 1 aromatic heterocycles. The predicted octanol–water partition coefficient (Wildman–Crippen LogP) is 4.10. The van der Waals surface area contributed by atoms with Crippen LogP contribution in [0.15, 0.2) is 40.9 Å². The van der Waals surface area contributed by atoms with Gasteiger partial charge in [-0.15, -0.1) is 0 Å². The molecule has 0 saturated carbocycles. The van der Waals surface area contributed by atoms with E-state index in [1.807, 2.05) is 42.7 Å². The number of aromatic carboxylic acids is 1. The summed E-state index contributed by atoms with van der Waals surface area (Å²) in [5.74, 6) is -0.186. The Morgan fingerprint density at radius 2 is 1.90 bits per heavy atom. The van der Waals surface area contributed by atoms with Crippen LogP contribution >= 0.6 is 15.9 Å². The van der Waals surface area contributed by atoms with Gasteiger partial charge < -0.3 is 5.11 Å². The molecule has 0 aliphatic carbocycles. The summed E-state index contributed by atoms with van der Waals surface area (Å²) < 4.78 is 2.88. The second-order valence-corrected chi connectivity index (χ2v) is 5.71. The molecule has 21 heavy (non-hydrogen) atoms. The number of fused-ring (bicyclic) bond motifs is 1. The van der Waals surface area contributed by atoms with Gasteiger partial charge in [0.1, 0.15) is 5.82 Å². The van der Waals surface area contributed by atoms with Crippen molar-refractivity contribution in [3.8, 4) is 5.69 Å². The van der Waals surface area contributed by atoms with Crippen LogP contribution in [0.2, 0.25) is 0 Å². The molecule has 0 aliphatic rings. The lowest BCUT2D eigenvalue weighted by Crippen LogP contribution is -2.05. The molecule has 1 heterocycles. The van der Waals surface area contributed by atoms with Gasteiger partial charge in [-0.05, 0) is 43.7 Å². The zero-order valence-electron chi connectivity index (χ0n) is 11.6. The van der Waals surface area contributed by atoms with E-state index in [4.69, 9.17) is 0 Å². The summed E-state index contributed by atoms with van der Waals surface area (Å²) in [7, 11) is 0. The molecule has 3 rings (SSSR count). The number of carboxylic acids is 1. The van der Waals surface area contributed by atoms with Gasteiger partial charge in [-0.2, -0.15) is 0 Å². The Balaban J connectivity index is 2.45. The summed E-state index contributed by atoms with van der Waals surface area (Å²) in [4.78, 5) is 16.0. The van der Waals surface area contributed by atoms with Crippen molar-refractivity contribution in [1.82, 2.24) is 9.55 Å². The largest absolute Gasteiger partial charge is 0.478 e. The maximum absolute atomic E-state index is 11.5. The van der Waals surface area contributed by atoms with Crippen LogP contribution < -0.4 is 0 Å². The van der Waals surface area contributed by atoms with E-state index in [2.05, 4.69) is 20.9 Å². The molecule has 2 aromatic carbocycles. The standard InChI is InChI=1S/C16H13BrN2O2/c1-9-12(17)6-4-8-14(9)19-10(2)18-13-7-3-5-11(15(13)19)16(20)21/h3-8H,1-2H3,(H,20,21). The molecule has 0 spiro atoms. The zero-order valence-corrected chi connectivity index (χ0v) is 13.2. The average Bonchev–Trinajstić information content (AvgIpc) is 2.77. The summed E-state index contributed by atoms with van der Waals surface area (Å²) in [5, 5.41) is 9.44. The average molecular weight is 345 g/mol. The van der Waals surface area contributed by atoms with Crippen LogP contribution in [0.3, 0.4) is 0 Å². The number of nitrogens with zero attached hydrogens (tertiary/aromatic N) is 2. The van der Waals surface area contributed by atoms with Crippen LogP contribution in [0, 0.1) is 13.8 Å². The number of hydrogen-bond acceptors (Lipinski definition) is 2. The van der Waals surface area contributed by atoms with E-state index in [9.17, 15) is 9.90 Å². The lowest BCUT2D eigenvalue weighted by atomic mass is 10.1. The molecule has 0 aliphatic heterocycles. The minimum absolute atomic E-state index is 0.257. The Morgan fingerprint density at radius 1 is 1.19 bits per heavy atom. The molecule has 0 saturated heterocycles. The molecule has 1 N–H and O–H groups in total. The number of rotatable bonds is 2. The van der Waals surface area contributed by atoms with Gasteiger partial charge >= 0.3 is 5.97 Å². The fourth-order valence-corrected chi connectivity index (χ4v) is 2.90. The normalized spacial score (nSPS) is 11.0. The van der Waals surface area contributed by atoms with Crippen molar-refractivity contribution >= 4 is 32.9 Å². The number of imidazole rings is 1. The van der Waals surface area contributed by atoms with Crippen molar-refractivity contribution in [2.75, 3.05) is 0 Å². The molecule has 0 bridgehead atoms. The number of aryl methyl sites for hydroxylation is 1. The second-order valence-electron chi connectivity index (χ2n) is 4.86. The highest BCUT2D eigenvalue weighted by molar-refractivity contribution is 9.10. The molecule has 0 unspecified atom stereocenters. The highest BCUT2D eigenvalue weighted by atomic mass is 79.9. The van der Waals surface area contributed by atoms with Crippen LogP contribution in [0.25, 0.3) is 16.7 Å². The summed E-state index contributed by atoms with van der Waals surface area (Å²) in [6, 6.07) is 11.0. The molecule has 3 aromatic rings. The van der Waals surface area contributed by atoms with Gasteiger partial charge in [-0.3, -0.25) is 4.57 Å². The number of benzene rings is 2. The first kappa shape index (κ1) is 13.8. The quantitative estimate of drug-likeness (QED) is 0.761. The lowest BCUT2D eigenvalue weighted by molar-refractivity contribution is 0.0698. The van der Waals surface area contributed by atoms with Gasteiger partial charge in [0, 0.05) is 4.47 Å². The van der Waals surface area contributed by atoms with Crippen LogP contribution in [0.4, 0.5) is 0 Å². The minimum atomic E-state index is -0.950. The summed E-state index contributed by atoms with van der Waals surface area (Å²) in [6.45, 7) is 3.88. The first-order valence-electron chi connectivity index (χ1n) is 6.47. The molecular weight excluding hydrogens is 332 g/mol. The number of carbonyl (C=O) groups is 1. The molecule has 0 atom stereocenters. The van der Waals surface area contributed by atoms with E-state index >= 15 is 0 Å². The third kappa shape index (κ3) is 2.14. The fraction of sp³-hybridized carbons (Fsp3) is 0.125. The predicted molar refractivity (Wildman–Crippen MR) is 85.2 cm³/mol. The van der Waals surface area contributed by atoms with Gasteiger partial charge in [-0.1, -0.05) is 28.1 Å². The van der Waals surface area contributed by atoms with Crippen molar-refractivity contribution < 1.29 is 9.90 Å². The Kier molecular flexibility index (Phi) is 3.29. The first-order valence-corrected chi connectivity index (χ1v) is 7.27. The Hall–Kier alpha value is -2.14. The van der Waals surface area contributed by atoms with E-state index in [-0.39, 0.29) is 5.56 Å². The van der Waals surface area contributed by atoms with Crippen molar-refractivity contribution in [2.24, 2.45) is 0 Å². The van der Waals surface area contributed by atoms with E-state index in [0.717, 1.165) is 21.5 Å². The summed E-state index contributed by atoms with van der Waals surface area (Å²) in [6.07, 6.45) is 0. The zero-order chi connectivity index (χ0) is 15.1. The smallest absolute Gasteiger partial charge is 0.337 e. The van der Waals surface area contributed by atoms with Crippen LogP contribution in [0.1, 0.15) is 21.7 Å².